The first-order valence-electron chi connectivity index (χ1n) is 5.05. The van der Waals surface area contributed by atoms with Crippen LogP contribution in [0.2, 0.25) is 0 Å². The molecule has 82 valence electrons. The number of nitrogens with one attached hydrogen (secondary N) is 1. The molecule has 1 unspecified atom stereocenters. The first kappa shape index (κ1) is 11.9. The van der Waals surface area contributed by atoms with Gasteiger partial charge in [-0.2, -0.15) is 0 Å². The lowest BCUT2D eigenvalue weighted by Gasteiger charge is -2.43. The van der Waals surface area contributed by atoms with Crippen LogP contribution in [0.15, 0.2) is 0 Å². The highest BCUT2D eigenvalue weighted by atomic mass is 32.2. The maximum Gasteiger partial charge on any atom is 0.304 e. The van der Waals surface area contributed by atoms with Crippen molar-refractivity contribution in [1.29, 1.82) is 0 Å². The molecule has 1 aliphatic heterocycles. The van der Waals surface area contributed by atoms with Crippen LogP contribution in [-0.2, 0) is 4.79 Å². The van der Waals surface area contributed by atoms with Gasteiger partial charge >= 0.3 is 5.97 Å². The Kier molecular flexibility index (Phi) is 3.84. The van der Waals surface area contributed by atoms with Gasteiger partial charge in [0.15, 0.2) is 0 Å². The van der Waals surface area contributed by atoms with Gasteiger partial charge in [0.1, 0.15) is 0 Å². The second kappa shape index (κ2) is 4.53. The van der Waals surface area contributed by atoms with E-state index in [1.807, 2.05) is 11.8 Å². The Hall–Kier alpha value is -0.220. The van der Waals surface area contributed by atoms with Crippen molar-refractivity contribution in [3.05, 3.63) is 0 Å². The summed E-state index contributed by atoms with van der Waals surface area (Å²) in [4.78, 5) is 10.7. The third-order valence-electron chi connectivity index (χ3n) is 2.74. The second-order valence-corrected chi connectivity index (χ2v) is 6.27. The van der Waals surface area contributed by atoms with Crippen molar-refractivity contribution in [2.24, 2.45) is 5.92 Å². The van der Waals surface area contributed by atoms with Crippen molar-refractivity contribution in [3.63, 3.8) is 0 Å². The Bertz CT molecular complexity index is 214. The van der Waals surface area contributed by atoms with Crippen LogP contribution in [0.1, 0.15) is 27.2 Å². The molecular formula is C10H19NO2S. The van der Waals surface area contributed by atoms with Gasteiger partial charge < -0.3 is 10.4 Å². The molecule has 0 aromatic carbocycles. The topological polar surface area (TPSA) is 49.3 Å². The Morgan fingerprint density at radius 2 is 2.07 bits per heavy atom. The molecule has 1 fully saturated rings. The van der Waals surface area contributed by atoms with Crippen molar-refractivity contribution in [3.8, 4) is 0 Å². The standard InChI is InChI=1S/C10H19NO2S/c1-7(2)8(3)14-10(4-9(12)13)5-11-6-10/h7-8,11H,4-6H2,1-3H3,(H,12,13). The molecule has 0 spiro atoms. The van der Waals surface area contributed by atoms with E-state index in [4.69, 9.17) is 5.11 Å². The monoisotopic (exact) mass is 217 g/mol. The molecule has 4 heteroatoms. The van der Waals surface area contributed by atoms with Gasteiger partial charge in [-0.05, 0) is 5.92 Å². The minimum atomic E-state index is -0.685. The minimum absolute atomic E-state index is 0.0461. The van der Waals surface area contributed by atoms with E-state index < -0.39 is 5.97 Å². The Labute approximate surface area is 89.6 Å². The van der Waals surface area contributed by atoms with Crippen LogP contribution in [0.25, 0.3) is 0 Å². The van der Waals surface area contributed by atoms with Gasteiger partial charge in [0.25, 0.3) is 0 Å². The summed E-state index contributed by atoms with van der Waals surface area (Å²) in [5, 5.41) is 12.5. The first-order chi connectivity index (χ1) is 6.45. The predicted molar refractivity (Wildman–Crippen MR) is 59.7 cm³/mol. The molecule has 0 aromatic rings. The normalized spacial score (nSPS) is 21.7. The number of hydrogen-bond acceptors (Lipinski definition) is 3. The summed E-state index contributed by atoms with van der Waals surface area (Å²) < 4.78 is -0.0461. The maximum atomic E-state index is 10.7. The van der Waals surface area contributed by atoms with Crippen LogP contribution < -0.4 is 5.32 Å². The molecule has 0 bridgehead atoms. The lowest BCUT2D eigenvalue weighted by molar-refractivity contribution is -0.138. The molecule has 14 heavy (non-hydrogen) atoms. The van der Waals surface area contributed by atoms with E-state index >= 15 is 0 Å². The van der Waals surface area contributed by atoms with Crippen molar-refractivity contribution in [2.45, 2.75) is 37.2 Å². The number of thioether (sulfide) groups is 1. The van der Waals surface area contributed by atoms with E-state index in [1.165, 1.54) is 0 Å². The molecule has 2 N–H and O–H groups in total. The largest absolute Gasteiger partial charge is 0.481 e. The fourth-order valence-corrected chi connectivity index (χ4v) is 3.10. The second-order valence-electron chi connectivity index (χ2n) is 4.42. The van der Waals surface area contributed by atoms with E-state index in [9.17, 15) is 4.79 Å². The molecule has 0 radical (unpaired) electrons. The van der Waals surface area contributed by atoms with Crippen molar-refractivity contribution >= 4 is 17.7 Å². The smallest absolute Gasteiger partial charge is 0.304 e. The highest BCUT2D eigenvalue weighted by molar-refractivity contribution is 8.01. The molecular weight excluding hydrogens is 198 g/mol. The van der Waals surface area contributed by atoms with Crippen LogP contribution in [0.3, 0.4) is 0 Å². The number of carboxylic acid groups (broad SMARTS) is 1. The fraction of sp³-hybridized carbons (Fsp3) is 0.900. The van der Waals surface area contributed by atoms with Crippen molar-refractivity contribution < 1.29 is 9.90 Å². The summed E-state index contributed by atoms with van der Waals surface area (Å²) in [6.07, 6.45) is 0.279. The van der Waals surface area contributed by atoms with E-state index in [1.54, 1.807) is 0 Å². The zero-order chi connectivity index (χ0) is 10.8. The summed E-state index contributed by atoms with van der Waals surface area (Å²) in [5.41, 5.74) is 0. The average Bonchev–Trinajstić information content (AvgIpc) is 1.99. The Morgan fingerprint density at radius 1 is 1.50 bits per heavy atom. The van der Waals surface area contributed by atoms with Gasteiger partial charge in [-0.3, -0.25) is 4.79 Å². The summed E-state index contributed by atoms with van der Waals surface area (Å²) in [6.45, 7) is 8.20. The number of carboxylic acids is 1. The molecule has 0 saturated carbocycles. The first-order valence-corrected chi connectivity index (χ1v) is 5.93. The molecule has 1 rings (SSSR count). The van der Waals surface area contributed by atoms with Gasteiger partial charge in [0, 0.05) is 18.3 Å². The zero-order valence-corrected chi connectivity index (χ0v) is 9.86. The fourth-order valence-electron chi connectivity index (χ4n) is 1.46. The highest BCUT2D eigenvalue weighted by Gasteiger charge is 2.41. The highest BCUT2D eigenvalue weighted by Crippen LogP contribution is 2.38. The quantitative estimate of drug-likeness (QED) is 0.734. The SMILES string of the molecule is CC(C)C(C)SC1(CC(=O)O)CNC1. The Morgan fingerprint density at radius 3 is 2.36 bits per heavy atom. The third-order valence-corrected chi connectivity index (χ3v) is 4.59. The summed E-state index contributed by atoms with van der Waals surface area (Å²) in [6, 6.07) is 0. The van der Waals surface area contributed by atoms with Gasteiger partial charge in [-0.1, -0.05) is 20.8 Å². The van der Waals surface area contributed by atoms with Gasteiger partial charge in [-0.25, -0.2) is 0 Å². The van der Waals surface area contributed by atoms with E-state index in [0.717, 1.165) is 13.1 Å². The van der Waals surface area contributed by atoms with Gasteiger partial charge in [0.05, 0.1) is 11.2 Å². The number of rotatable bonds is 5. The molecule has 1 saturated heterocycles. The Balaban J connectivity index is 2.49. The minimum Gasteiger partial charge on any atom is -0.481 e. The molecule has 3 nitrogen and oxygen atoms in total. The lowest BCUT2D eigenvalue weighted by Crippen LogP contribution is -2.58. The van der Waals surface area contributed by atoms with Crippen molar-refractivity contribution in [2.75, 3.05) is 13.1 Å². The molecule has 0 amide bonds. The summed E-state index contributed by atoms with van der Waals surface area (Å²) in [7, 11) is 0. The van der Waals surface area contributed by atoms with E-state index in [0.29, 0.717) is 11.2 Å². The average molecular weight is 217 g/mol. The number of aliphatic carboxylic acids is 1. The summed E-state index contributed by atoms with van der Waals surface area (Å²) >= 11 is 1.83. The molecule has 1 atom stereocenters. The van der Waals surface area contributed by atoms with Crippen LogP contribution >= 0.6 is 11.8 Å². The molecule has 0 aliphatic carbocycles. The van der Waals surface area contributed by atoms with E-state index in [-0.39, 0.29) is 11.2 Å². The van der Waals surface area contributed by atoms with Crippen molar-refractivity contribution in [1.82, 2.24) is 5.32 Å². The maximum absolute atomic E-state index is 10.7. The lowest BCUT2D eigenvalue weighted by atomic mass is 9.98. The van der Waals surface area contributed by atoms with E-state index in [2.05, 4.69) is 26.1 Å². The molecule has 1 heterocycles. The zero-order valence-electron chi connectivity index (χ0n) is 9.04. The van der Waals surface area contributed by atoms with Crippen LogP contribution in [0.5, 0.6) is 0 Å². The van der Waals surface area contributed by atoms with Crippen LogP contribution in [0, 0.1) is 5.92 Å². The predicted octanol–water partition coefficient (Wildman–Crippen LogP) is 1.58. The molecule has 0 aromatic heterocycles. The van der Waals surface area contributed by atoms with Gasteiger partial charge in [-0.15, -0.1) is 11.8 Å². The van der Waals surface area contributed by atoms with Gasteiger partial charge in [0.2, 0.25) is 0 Å². The third kappa shape index (κ3) is 2.89. The summed E-state index contributed by atoms with van der Waals surface area (Å²) in [5.74, 6) is -0.0822. The van der Waals surface area contributed by atoms with Crippen LogP contribution in [0.4, 0.5) is 0 Å². The number of carbonyl (C=O) groups is 1. The van der Waals surface area contributed by atoms with Crippen LogP contribution in [-0.4, -0.2) is 34.2 Å². The molecule has 1 aliphatic rings. The number of hydrogen-bond donors (Lipinski definition) is 2.